The molecule has 1 rings (SSSR count). The molecule has 126 valence electrons. The van der Waals surface area contributed by atoms with E-state index in [0.29, 0.717) is 0 Å². The summed E-state index contributed by atoms with van der Waals surface area (Å²) in [6.45, 7) is 16.5. The van der Waals surface area contributed by atoms with E-state index in [-0.39, 0.29) is 0 Å². The maximum Gasteiger partial charge on any atom is 0.00963 e. The van der Waals surface area contributed by atoms with Crippen molar-refractivity contribution in [1.82, 2.24) is 15.1 Å². The van der Waals surface area contributed by atoms with Gasteiger partial charge in [-0.05, 0) is 77.8 Å². The first kappa shape index (κ1) is 18.9. The van der Waals surface area contributed by atoms with Crippen LogP contribution in [0.4, 0.5) is 0 Å². The van der Waals surface area contributed by atoms with Crippen molar-refractivity contribution in [3.05, 3.63) is 0 Å². The van der Waals surface area contributed by atoms with Crippen molar-refractivity contribution in [3.8, 4) is 0 Å². The highest BCUT2D eigenvalue weighted by Crippen LogP contribution is 2.23. The molecule has 0 saturated heterocycles. The first-order valence-electron chi connectivity index (χ1n) is 9.44. The average molecular weight is 298 g/mol. The zero-order valence-electron chi connectivity index (χ0n) is 15.0. The van der Waals surface area contributed by atoms with E-state index in [0.717, 1.165) is 12.1 Å². The van der Waals surface area contributed by atoms with Crippen molar-refractivity contribution < 1.29 is 0 Å². The third kappa shape index (κ3) is 7.12. The number of nitrogens with one attached hydrogen (secondary N) is 1. The summed E-state index contributed by atoms with van der Waals surface area (Å²) in [5.41, 5.74) is 0. The Hall–Kier alpha value is -0.120. The molecule has 0 heterocycles. The van der Waals surface area contributed by atoms with E-state index in [4.69, 9.17) is 0 Å². The van der Waals surface area contributed by atoms with Crippen molar-refractivity contribution in [2.75, 3.05) is 39.3 Å². The highest BCUT2D eigenvalue weighted by Gasteiger charge is 2.24. The minimum Gasteiger partial charge on any atom is -0.314 e. The summed E-state index contributed by atoms with van der Waals surface area (Å²) in [5.74, 6) is 0. The summed E-state index contributed by atoms with van der Waals surface area (Å²) in [4.78, 5) is 5.28. The summed E-state index contributed by atoms with van der Waals surface area (Å²) >= 11 is 0. The summed E-state index contributed by atoms with van der Waals surface area (Å²) in [6.07, 6.45) is 8.10. The Morgan fingerprint density at radius 1 is 0.857 bits per heavy atom. The summed E-state index contributed by atoms with van der Waals surface area (Å²) in [6, 6.07) is 1.63. The third-order valence-corrected chi connectivity index (χ3v) is 5.12. The van der Waals surface area contributed by atoms with Crippen molar-refractivity contribution in [3.63, 3.8) is 0 Å². The van der Waals surface area contributed by atoms with Crippen LogP contribution >= 0.6 is 0 Å². The molecule has 0 aromatic rings. The topological polar surface area (TPSA) is 18.5 Å². The predicted molar refractivity (Wildman–Crippen MR) is 94.0 cm³/mol. The van der Waals surface area contributed by atoms with Gasteiger partial charge in [-0.2, -0.15) is 0 Å². The molecule has 3 heteroatoms. The standard InChI is InChI=1S/C18H39N3/c1-5-14-19-17-10-12-18(13-11-17)21(8-4)16-9-15-20(6-2)7-3/h17-19H,5-16H2,1-4H3. The Balaban J connectivity index is 2.24. The van der Waals surface area contributed by atoms with E-state index in [1.807, 2.05) is 0 Å². The van der Waals surface area contributed by atoms with Gasteiger partial charge in [0.15, 0.2) is 0 Å². The van der Waals surface area contributed by atoms with Gasteiger partial charge in [-0.3, -0.25) is 0 Å². The van der Waals surface area contributed by atoms with Crippen LogP contribution in [0.3, 0.4) is 0 Å². The molecule has 0 aromatic heterocycles. The number of hydrogen-bond acceptors (Lipinski definition) is 3. The Morgan fingerprint density at radius 2 is 1.52 bits per heavy atom. The SMILES string of the molecule is CCCNC1CCC(N(CC)CCCN(CC)CC)CC1. The van der Waals surface area contributed by atoms with E-state index < -0.39 is 0 Å². The third-order valence-electron chi connectivity index (χ3n) is 5.12. The molecule has 0 spiro atoms. The Bertz CT molecular complexity index is 233. The van der Waals surface area contributed by atoms with Gasteiger partial charge in [0.1, 0.15) is 0 Å². The minimum absolute atomic E-state index is 0.788. The monoisotopic (exact) mass is 297 g/mol. The van der Waals surface area contributed by atoms with Gasteiger partial charge in [0.25, 0.3) is 0 Å². The first-order valence-corrected chi connectivity index (χ1v) is 9.44. The summed E-state index contributed by atoms with van der Waals surface area (Å²) in [5, 5.41) is 3.70. The van der Waals surface area contributed by atoms with Crippen LogP contribution in [0.1, 0.15) is 66.2 Å². The van der Waals surface area contributed by atoms with Gasteiger partial charge in [0, 0.05) is 12.1 Å². The van der Waals surface area contributed by atoms with Crippen LogP contribution < -0.4 is 5.32 Å². The molecule has 1 saturated carbocycles. The van der Waals surface area contributed by atoms with E-state index in [2.05, 4.69) is 42.8 Å². The van der Waals surface area contributed by atoms with Gasteiger partial charge in [-0.15, -0.1) is 0 Å². The molecular weight excluding hydrogens is 258 g/mol. The van der Waals surface area contributed by atoms with Crippen molar-refractivity contribution in [1.29, 1.82) is 0 Å². The van der Waals surface area contributed by atoms with Crippen LogP contribution in [0.5, 0.6) is 0 Å². The van der Waals surface area contributed by atoms with Crippen LogP contribution in [-0.4, -0.2) is 61.2 Å². The number of rotatable bonds is 11. The molecule has 1 aliphatic carbocycles. The van der Waals surface area contributed by atoms with E-state index in [9.17, 15) is 0 Å². The average Bonchev–Trinajstić information content (AvgIpc) is 2.54. The Morgan fingerprint density at radius 3 is 2.05 bits per heavy atom. The second kappa shape index (κ2) is 11.4. The molecule has 0 unspecified atom stereocenters. The van der Waals surface area contributed by atoms with Crippen LogP contribution in [0.2, 0.25) is 0 Å². The predicted octanol–water partition coefficient (Wildman–Crippen LogP) is 3.35. The highest BCUT2D eigenvalue weighted by atomic mass is 15.2. The van der Waals surface area contributed by atoms with Crippen molar-refractivity contribution in [2.45, 2.75) is 78.3 Å². The second-order valence-corrected chi connectivity index (χ2v) is 6.47. The normalized spacial score (nSPS) is 23.1. The molecule has 0 aromatic carbocycles. The molecule has 0 amide bonds. The van der Waals surface area contributed by atoms with Gasteiger partial charge in [0.2, 0.25) is 0 Å². The Kier molecular flexibility index (Phi) is 10.3. The lowest BCUT2D eigenvalue weighted by molar-refractivity contribution is 0.142. The maximum atomic E-state index is 3.70. The molecule has 0 radical (unpaired) electrons. The highest BCUT2D eigenvalue weighted by molar-refractivity contribution is 4.82. The maximum absolute atomic E-state index is 3.70. The van der Waals surface area contributed by atoms with Crippen LogP contribution in [0.15, 0.2) is 0 Å². The fraction of sp³-hybridized carbons (Fsp3) is 1.00. The van der Waals surface area contributed by atoms with E-state index in [1.54, 1.807) is 0 Å². The lowest BCUT2D eigenvalue weighted by Gasteiger charge is -2.37. The smallest absolute Gasteiger partial charge is 0.00963 e. The lowest BCUT2D eigenvalue weighted by Crippen LogP contribution is -2.43. The lowest BCUT2D eigenvalue weighted by atomic mass is 9.90. The van der Waals surface area contributed by atoms with E-state index >= 15 is 0 Å². The van der Waals surface area contributed by atoms with Gasteiger partial charge < -0.3 is 15.1 Å². The molecule has 21 heavy (non-hydrogen) atoms. The number of hydrogen-bond donors (Lipinski definition) is 1. The molecule has 1 fully saturated rings. The molecule has 3 nitrogen and oxygen atoms in total. The number of nitrogens with zero attached hydrogens (tertiary/aromatic N) is 2. The quantitative estimate of drug-likeness (QED) is 0.631. The fourth-order valence-electron chi connectivity index (χ4n) is 3.63. The molecule has 1 aliphatic rings. The molecule has 0 atom stereocenters. The fourth-order valence-corrected chi connectivity index (χ4v) is 3.63. The first-order chi connectivity index (χ1) is 10.2. The Labute approximate surface area is 133 Å². The minimum atomic E-state index is 0.788. The summed E-state index contributed by atoms with van der Waals surface area (Å²) < 4.78 is 0. The molecule has 0 bridgehead atoms. The zero-order chi connectivity index (χ0) is 15.5. The zero-order valence-corrected chi connectivity index (χ0v) is 15.0. The van der Waals surface area contributed by atoms with Gasteiger partial charge in [0.05, 0.1) is 0 Å². The second-order valence-electron chi connectivity index (χ2n) is 6.47. The largest absolute Gasteiger partial charge is 0.314 e. The van der Waals surface area contributed by atoms with Gasteiger partial charge >= 0.3 is 0 Å². The molecule has 0 aliphatic heterocycles. The van der Waals surface area contributed by atoms with E-state index in [1.165, 1.54) is 77.8 Å². The summed E-state index contributed by atoms with van der Waals surface area (Å²) in [7, 11) is 0. The van der Waals surface area contributed by atoms with Crippen LogP contribution in [-0.2, 0) is 0 Å². The van der Waals surface area contributed by atoms with Crippen molar-refractivity contribution >= 4 is 0 Å². The van der Waals surface area contributed by atoms with Crippen molar-refractivity contribution in [2.24, 2.45) is 0 Å². The van der Waals surface area contributed by atoms with Crippen LogP contribution in [0, 0.1) is 0 Å². The van der Waals surface area contributed by atoms with Crippen LogP contribution in [0.25, 0.3) is 0 Å². The molecule has 1 N–H and O–H groups in total. The molecular formula is C18H39N3. The van der Waals surface area contributed by atoms with Gasteiger partial charge in [-0.25, -0.2) is 0 Å². The van der Waals surface area contributed by atoms with Gasteiger partial charge in [-0.1, -0.05) is 27.7 Å².